The van der Waals surface area contributed by atoms with Crippen molar-refractivity contribution < 1.29 is 10.2 Å². The molecule has 13 heavy (non-hydrogen) atoms. The van der Waals surface area contributed by atoms with Crippen LogP contribution in [0.5, 0.6) is 5.75 Å². The average Bonchev–Trinajstić information content (AvgIpc) is 2.14. The summed E-state index contributed by atoms with van der Waals surface area (Å²) in [5.74, 6) is 0.0379. The molecule has 0 aliphatic carbocycles. The van der Waals surface area contributed by atoms with Crippen LogP contribution in [0.25, 0.3) is 0 Å². The number of para-hydroxylation sites is 1. The Kier molecular flexibility index (Phi) is 3.11. The van der Waals surface area contributed by atoms with Gasteiger partial charge in [0, 0.05) is 5.56 Å². The molecule has 0 aliphatic rings. The number of nitrogen functional groups attached to an aromatic ring is 1. The molecule has 1 aromatic rings. The summed E-state index contributed by atoms with van der Waals surface area (Å²) in [7, 11) is 1.71. The molecule has 0 amide bonds. The van der Waals surface area contributed by atoms with Gasteiger partial charge in [-0.05, 0) is 13.1 Å². The second-order valence-electron chi connectivity index (χ2n) is 2.81. The van der Waals surface area contributed by atoms with Crippen LogP contribution in [0.4, 0.5) is 5.69 Å². The highest BCUT2D eigenvalue weighted by atomic mass is 16.3. The van der Waals surface area contributed by atoms with Crippen molar-refractivity contribution in [2.75, 3.05) is 19.4 Å². The number of benzene rings is 1. The molecule has 1 aromatic carbocycles. The number of hydrogen-bond acceptors (Lipinski definition) is 4. The molecular weight excluding hydrogens is 168 g/mol. The number of aliphatic hydroxyl groups excluding tert-OH is 1. The van der Waals surface area contributed by atoms with Crippen molar-refractivity contribution in [3.8, 4) is 5.75 Å². The molecule has 4 nitrogen and oxygen atoms in total. The molecule has 0 spiro atoms. The van der Waals surface area contributed by atoms with E-state index in [9.17, 15) is 5.11 Å². The van der Waals surface area contributed by atoms with Gasteiger partial charge in [-0.25, -0.2) is 0 Å². The number of phenolic OH excluding ortho intramolecular Hbond substituents is 1. The van der Waals surface area contributed by atoms with E-state index in [1.165, 1.54) is 0 Å². The second kappa shape index (κ2) is 4.11. The minimum absolute atomic E-state index is 0.0379. The normalized spacial score (nSPS) is 12.8. The van der Waals surface area contributed by atoms with Crippen molar-refractivity contribution in [2.45, 2.75) is 6.04 Å². The van der Waals surface area contributed by atoms with Crippen molar-refractivity contribution in [3.05, 3.63) is 23.8 Å². The Balaban J connectivity index is 3.05. The minimum Gasteiger partial charge on any atom is -0.505 e. The third-order valence-corrected chi connectivity index (χ3v) is 2.00. The van der Waals surface area contributed by atoms with E-state index in [1.54, 1.807) is 25.2 Å². The quantitative estimate of drug-likeness (QED) is 0.398. The molecule has 5 N–H and O–H groups in total. The molecule has 0 saturated carbocycles. The van der Waals surface area contributed by atoms with Crippen LogP contribution in [0.2, 0.25) is 0 Å². The fourth-order valence-corrected chi connectivity index (χ4v) is 1.21. The van der Waals surface area contributed by atoms with E-state index in [1.807, 2.05) is 0 Å². The second-order valence-corrected chi connectivity index (χ2v) is 2.81. The van der Waals surface area contributed by atoms with Gasteiger partial charge in [-0.1, -0.05) is 12.1 Å². The molecule has 0 bridgehead atoms. The van der Waals surface area contributed by atoms with Crippen LogP contribution in [0.3, 0.4) is 0 Å². The Morgan fingerprint density at radius 1 is 1.54 bits per heavy atom. The maximum absolute atomic E-state index is 9.55. The molecule has 0 aromatic heterocycles. The molecule has 0 unspecified atom stereocenters. The molecule has 0 heterocycles. The number of aliphatic hydroxyl groups is 1. The Hall–Kier alpha value is -1.26. The van der Waals surface area contributed by atoms with E-state index in [0.29, 0.717) is 11.3 Å². The first-order valence-corrected chi connectivity index (χ1v) is 4.06. The fourth-order valence-electron chi connectivity index (χ4n) is 1.21. The van der Waals surface area contributed by atoms with E-state index in [2.05, 4.69) is 5.32 Å². The Bertz CT molecular complexity index is 285. The minimum atomic E-state index is -0.275. The average molecular weight is 182 g/mol. The van der Waals surface area contributed by atoms with Crippen LogP contribution in [0.15, 0.2) is 18.2 Å². The Morgan fingerprint density at radius 3 is 2.77 bits per heavy atom. The van der Waals surface area contributed by atoms with Crippen molar-refractivity contribution in [2.24, 2.45) is 0 Å². The first kappa shape index (κ1) is 9.83. The van der Waals surface area contributed by atoms with Crippen LogP contribution < -0.4 is 11.1 Å². The summed E-state index contributed by atoms with van der Waals surface area (Å²) >= 11 is 0. The predicted molar refractivity (Wildman–Crippen MR) is 51.4 cm³/mol. The number of nitrogens with one attached hydrogen (secondary N) is 1. The van der Waals surface area contributed by atoms with Crippen LogP contribution in [-0.4, -0.2) is 23.9 Å². The number of anilines is 1. The SMILES string of the molecule is CN[C@H](CO)c1cccc(N)c1O. The highest BCUT2D eigenvalue weighted by molar-refractivity contribution is 5.56. The first-order valence-electron chi connectivity index (χ1n) is 4.06. The topological polar surface area (TPSA) is 78.5 Å². The smallest absolute Gasteiger partial charge is 0.143 e. The highest BCUT2D eigenvalue weighted by Gasteiger charge is 2.13. The fraction of sp³-hybridized carbons (Fsp3) is 0.333. The van der Waals surface area contributed by atoms with E-state index in [-0.39, 0.29) is 18.4 Å². The lowest BCUT2D eigenvalue weighted by molar-refractivity contribution is 0.248. The first-order chi connectivity index (χ1) is 6.20. The lowest BCUT2D eigenvalue weighted by atomic mass is 10.1. The van der Waals surface area contributed by atoms with Gasteiger partial charge in [-0.3, -0.25) is 0 Å². The van der Waals surface area contributed by atoms with Gasteiger partial charge in [0.15, 0.2) is 0 Å². The monoisotopic (exact) mass is 182 g/mol. The highest BCUT2D eigenvalue weighted by Crippen LogP contribution is 2.29. The van der Waals surface area contributed by atoms with Gasteiger partial charge in [-0.2, -0.15) is 0 Å². The lowest BCUT2D eigenvalue weighted by Gasteiger charge is -2.15. The Labute approximate surface area is 77.0 Å². The zero-order valence-corrected chi connectivity index (χ0v) is 7.49. The number of nitrogens with two attached hydrogens (primary N) is 1. The molecule has 1 rings (SSSR count). The van der Waals surface area contributed by atoms with Crippen molar-refractivity contribution in [1.29, 1.82) is 0 Å². The maximum Gasteiger partial charge on any atom is 0.143 e. The van der Waals surface area contributed by atoms with E-state index >= 15 is 0 Å². The van der Waals surface area contributed by atoms with Gasteiger partial charge in [0.05, 0.1) is 18.3 Å². The lowest BCUT2D eigenvalue weighted by Crippen LogP contribution is -2.20. The van der Waals surface area contributed by atoms with Gasteiger partial charge in [0.25, 0.3) is 0 Å². The number of likely N-dealkylation sites (N-methyl/N-ethyl adjacent to an activating group) is 1. The summed E-state index contributed by atoms with van der Waals surface area (Å²) in [5.41, 5.74) is 6.45. The van der Waals surface area contributed by atoms with Crippen molar-refractivity contribution in [1.82, 2.24) is 5.32 Å². The van der Waals surface area contributed by atoms with Crippen LogP contribution in [0, 0.1) is 0 Å². The number of aromatic hydroxyl groups is 1. The molecule has 4 heteroatoms. The van der Waals surface area contributed by atoms with Gasteiger partial charge in [0.1, 0.15) is 5.75 Å². The third kappa shape index (κ3) is 1.91. The van der Waals surface area contributed by atoms with E-state index in [0.717, 1.165) is 0 Å². The standard InChI is InChI=1S/C9H14N2O2/c1-11-8(5-12)6-3-2-4-7(10)9(6)13/h2-4,8,11-13H,5,10H2,1H3/t8-/m1/s1. The van der Waals surface area contributed by atoms with E-state index in [4.69, 9.17) is 10.8 Å². The van der Waals surface area contributed by atoms with E-state index < -0.39 is 0 Å². The largest absolute Gasteiger partial charge is 0.505 e. The zero-order valence-electron chi connectivity index (χ0n) is 7.49. The van der Waals surface area contributed by atoms with Gasteiger partial charge >= 0.3 is 0 Å². The molecule has 0 fully saturated rings. The molecule has 0 aliphatic heterocycles. The maximum atomic E-state index is 9.55. The molecular formula is C9H14N2O2. The summed E-state index contributed by atoms with van der Waals surface area (Å²) in [5, 5.41) is 21.4. The van der Waals surface area contributed by atoms with Crippen LogP contribution in [-0.2, 0) is 0 Å². The van der Waals surface area contributed by atoms with Crippen LogP contribution in [0.1, 0.15) is 11.6 Å². The van der Waals surface area contributed by atoms with Gasteiger partial charge in [0.2, 0.25) is 0 Å². The van der Waals surface area contributed by atoms with Gasteiger partial charge < -0.3 is 21.3 Å². The van der Waals surface area contributed by atoms with Gasteiger partial charge in [-0.15, -0.1) is 0 Å². The molecule has 0 saturated heterocycles. The summed E-state index contributed by atoms with van der Waals surface area (Å²) < 4.78 is 0. The van der Waals surface area contributed by atoms with Crippen molar-refractivity contribution in [3.63, 3.8) is 0 Å². The number of phenols is 1. The number of rotatable bonds is 3. The third-order valence-electron chi connectivity index (χ3n) is 2.00. The summed E-state index contributed by atoms with van der Waals surface area (Å²) in [6.45, 7) is -0.0759. The Morgan fingerprint density at radius 2 is 2.23 bits per heavy atom. The summed E-state index contributed by atoms with van der Waals surface area (Å²) in [6, 6.07) is 4.81. The number of hydrogen-bond donors (Lipinski definition) is 4. The van der Waals surface area contributed by atoms with Crippen LogP contribution >= 0.6 is 0 Å². The molecule has 72 valence electrons. The zero-order chi connectivity index (χ0) is 9.84. The molecule has 0 radical (unpaired) electrons. The predicted octanol–water partition coefficient (Wildman–Crippen LogP) is 0.227. The van der Waals surface area contributed by atoms with Crippen molar-refractivity contribution >= 4 is 5.69 Å². The molecule has 1 atom stereocenters. The summed E-state index contributed by atoms with van der Waals surface area (Å²) in [6.07, 6.45) is 0. The summed E-state index contributed by atoms with van der Waals surface area (Å²) in [4.78, 5) is 0.